The average Bonchev–Trinajstić information content (AvgIpc) is 2.80. The summed E-state index contributed by atoms with van der Waals surface area (Å²) in [5, 5.41) is 9.67. The quantitative estimate of drug-likeness (QED) is 0.790. The van der Waals surface area contributed by atoms with Crippen molar-refractivity contribution in [3.8, 4) is 6.07 Å². The van der Waals surface area contributed by atoms with Gasteiger partial charge >= 0.3 is 0 Å². The number of benzene rings is 1. The summed E-state index contributed by atoms with van der Waals surface area (Å²) in [7, 11) is 0. The van der Waals surface area contributed by atoms with Gasteiger partial charge in [0.2, 0.25) is 0 Å². The van der Waals surface area contributed by atoms with Crippen molar-refractivity contribution in [1.29, 1.82) is 5.26 Å². The molecule has 0 spiro atoms. The van der Waals surface area contributed by atoms with Crippen molar-refractivity contribution < 1.29 is 9.21 Å². The van der Waals surface area contributed by atoms with Crippen LogP contribution < -0.4 is 0 Å². The number of hydrogen-bond acceptors (Lipinski definition) is 3. The number of amides is 1. The topological polar surface area (TPSA) is 57.2 Å². The number of rotatable bonds is 4. The Labute approximate surface area is 112 Å². The van der Waals surface area contributed by atoms with Crippen LogP contribution in [0.1, 0.15) is 29.5 Å². The van der Waals surface area contributed by atoms with Gasteiger partial charge in [0.1, 0.15) is 12.1 Å². The highest BCUT2D eigenvalue weighted by molar-refractivity contribution is 5.96. The maximum atomic E-state index is 12.3. The molecule has 2 rings (SSSR count). The molecule has 0 radical (unpaired) electrons. The Morgan fingerprint density at radius 1 is 1.42 bits per heavy atom. The van der Waals surface area contributed by atoms with Gasteiger partial charge < -0.3 is 9.32 Å². The summed E-state index contributed by atoms with van der Waals surface area (Å²) in [5.74, 6) is 0.0709. The van der Waals surface area contributed by atoms with Gasteiger partial charge in [-0.25, -0.2) is 0 Å². The van der Waals surface area contributed by atoms with Crippen molar-refractivity contribution >= 4 is 16.9 Å². The molecule has 2 aromatic rings. The molecule has 0 atom stereocenters. The third-order valence-electron chi connectivity index (χ3n) is 2.92. The first kappa shape index (κ1) is 13.2. The van der Waals surface area contributed by atoms with E-state index in [-0.39, 0.29) is 12.5 Å². The maximum Gasteiger partial charge on any atom is 0.290 e. The standard InChI is InChI=1S/C15H16N2O2/c1-3-7-17(8-6-16)15(18)14-10-12-9-11(2)4-5-13(12)19-14/h4-5,9-10H,3,7-8H2,1-2H3. The fraction of sp³-hybridized carbons (Fsp3) is 0.333. The van der Waals surface area contributed by atoms with Gasteiger partial charge in [-0.2, -0.15) is 5.26 Å². The highest BCUT2D eigenvalue weighted by Crippen LogP contribution is 2.21. The van der Waals surface area contributed by atoms with E-state index in [0.29, 0.717) is 17.9 Å². The van der Waals surface area contributed by atoms with Crippen molar-refractivity contribution in [2.24, 2.45) is 0 Å². The zero-order valence-corrected chi connectivity index (χ0v) is 11.1. The molecular weight excluding hydrogens is 240 g/mol. The highest BCUT2D eigenvalue weighted by atomic mass is 16.3. The summed E-state index contributed by atoms with van der Waals surface area (Å²) in [6.07, 6.45) is 0.812. The van der Waals surface area contributed by atoms with Crippen LogP contribution in [0.5, 0.6) is 0 Å². The van der Waals surface area contributed by atoms with Crippen LogP contribution in [0, 0.1) is 18.3 Å². The lowest BCUT2D eigenvalue weighted by Gasteiger charge is -2.16. The number of nitriles is 1. The molecule has 1 aromatic carbocycles. The van der Waals surface area contributed by atoms with E-state index in [1.807, 2.05) is 38.1 Å². The minimum atomic E-state index is -0.225. The smallest absolute Gasteiger partial charge is 0.290 e. The molecule has 0 unspecified atom stereocenters. The van der Waals surface area contributed by atoms with Crippen molar-refractivity contribution in [2.45, 2.75) is 20.3 Å². The second kappa shape index (κ2) is 5.57. The zero-order valence-electron chi connectivity index (χ0n) is 11.1. The van der Waals surface area contributed by atoms with E-state index in [4.69, 9.17) is 9.68 Å². The van der Waals surface area contributed by atoms with Crippen molar-refractivity contribution in [3.05, 3.63) is 35.6 Å². The Balaban J connectivity index is 2.32. The molecule has 1 amide bonds. The van der Waals surface area contributed by atoms with Gasteiger partial charge in [-0.05, 0) is 31.5 Å². The normalized spacial score (nSPS) is 10.4. The molecule has 0 saturated heterocycles. The lowest BCUT2D eigenvalue weighted by atomic mass is 10.2. The summed E-state index contributed by atoms with van der Waals surface area (Å²) in [4.78, 5) is 13.8. The van der Waals surface area contributed by atoms with Crippen LogP contribution >= 0.6 is 0 Å². The molecule has 0 saturated carbocycles. The SMILES string of the molecule is CCCN(CC#N)C(=O)c1cc2cc(C)ccc2o1. The molecule has 4 heteroatoms. The Morgan fingerprint density at radius 3 is 2.89 bits per heavy atom. The van der Waals surface area contributed by atoms with Crippen molar-refractivity contribution in [3.63, 3.8) is 0 Å². The van der Waals surface area contributed by atoms with Gasteiger partial charge in [0.15, 0.2) is 5.76 Å². The van der Waals surface area contributed by atoms with E-state index in [1.165, 1.54) is 4.90 Å². The van der Waals surface area contributed by atoms with Gasteiger partial charge in [-0.1, -0.05) is 18.6 Å². The van der Waals surface area contributed by atoms with Gasteiger partial charge in [0, 0.05) is 11.9 Å². The number of carbonyl (C=O) groups excluding carboxylic acids is 1. The fourth-order valence-electron chi connectivity index (χ4n) is 2.03. The van der Waals surface area contributed by atoms with Crippen LogP contribution in [0.3, 0.4) is 0 Å². The monoisotopic (exact) mass is 256 g/mol. The first-order valence-electron chi connectivity index (χ1n) is 6.32. The molecule has 4 nitrogen and oxygen atoms in total. The van der Waals surface area contributed by atoms with E-state index >= 15 is 0 Å². The number of hydrogen-bond donors (Lipinski definition) is 0. The van der Waals surface area contributed by atoms with E-state index in [0.717, 1.165) is 17.4 Å². The molecule has 0 aliphatic heterocycles. The Morgan fingerprint density at radius 2 is 2.21 bits per heavy atom. The Hall–Kier alpha value is -2.28. The summed E-state index contributed by atoms with van der Waals surface area (Å²) >= 11 is 0. The minimum Gasteiger partial charge on any atom is -0.451 e. The van der Waals surface area contributed by atoms with Gasteiger partial charge in [0.05, 0.1) is 6.07 Å². The second-order valence-corrected chi connectivity index (χ2v) is 4.54. The number of carbonyl (C=O) groups is 1. The molecular formula is C15H16N2O2. The third-order valence-corrected chi connectivity index (χ3v) is 2.92. The summed E-state index contributed by atoms with van der Waals surface area (Å²) < 4.78 is 5.56. The van der Waals surface area contributed by atoms with Crippen molar-refractivity contribution in [2.75, 3.05) is 13.1 Å². The molecule has 19 heavy (non-hydrogen) atoms. The number of fused-ring (bicyclic) bond motifs is 1. The molecule has 1 aromatic heterocycles. The third kappa shape index (κ3) is 2.76. The predicted molar refractivity (Wildman–Crippen MR) is 72.8 cm³/mol. The first-order chi connectivity index (χ1) is 9.15. The summed E-state index contributed by atoms with van der Waals surface area (Å²) in [6.45, 7) is 4.61. The molecule has 0 N–H and O–H groups in total. The van der Waals surface area contributed by atoms with Crippen LogP contribution in [-0.4, -0.2) is 23.9 Å². The minimum absolute atomic E-state index is 0.0861. The zero-order chi connectivity index (χ0) is 13.8. The molecule has 0 bridgehead atoms. The summed E-state index contributed by atoms with van der Waals surface area (Å²) in [6, 6.07) is 9.53. The molecule has 1 heterocycles. The van der Waals surface area contributed by atoms with E-state index in [2.05, 4.69) is 0 Å². The lowest BCUT2D eigenvalue weighted by Crippen LogP contribution is -2.31. The summed E-state index contributed by atoms with van der Waals surface area (Å²) in [5.41, 5.74) is 1.82. The predicted octanol–water partition coefficient (Wildman–Crippen LogP) is 3.12. The maximum absolute atomic E-state index is 12.3. The van der Waals surface area contributed by atoms with E-state index in [1.54, 1.807) is 6.07 Å². The highest BCUT2D eigenvalue weighted by Gasteiger charge is 2.18. The molecule has 0 fully saturated rings. The largest absolute Gasteiger partial charge is 0.451 e. The Kier molecular flexibility index (Phi) is 3.86. The lowest BCUT2D eigenvalue weighted by molar-refractivity contribution is 0.0747. The van der Waals surface area contributed by atoms with E-state index < -0.39 is 0 Å². The fourth-order valence-corrected chi connectivity index (χ4v) is 2.03. The molecule has 98 valence electrons. The number of nitrogens with zero attached hydrogens (tertiary/aromatic N) is 2. The Bertz CT molecular complexity index is 637. The van der Waals surface area contributed by atoms with Crippen LogP contribution in [0.25, 0.3) is 11.0 Å². The van der Waals surface area contributed by atoms with Crippen molar-refractivity contribution in [1.82, 2.24) is 4.90 Å². The van der Waals surface area contributed by atoms with Gasteiger partial charge in [0.25, 0.3) is 5.91 Å². The van der Waals surface area contributed by atoms with Crippen LogP contribution in [0.2, 0.25) is 0 Å². The van der Waals surface area contributed by atoms with Gasteiger partial charge in [-0.15, -0.1) is 0 Å². The van der Waals surface area contributed by atoms with Crippen LogP contribution in [0.15, 0.2) is 28.7 Å². The second-order valence-electron chi connectivity index (χ2n) is 4.54. The van der Waals surface area contributed by atoms with Crippen LogP contribution in [0.4, 0.5) is 0 Å². The molecule has 0 aliphatic rings. The number of aryl methyl sites for hydroxylation is 1. The first-order valence-corrected chi connectivity index (χ1v) is 6.32. The van der Waals surface area contributed by atoms with E-state index in [9.17, 15) is 4.79 Å². The van der Waals surface area contributed by atoms with Gasteiger partial charge in [-0.3, -0.25) is 4.79 Å². The van der Waals surface area contributed by atoms with Crippen LogP contribution in [-0.2, 0) is 0 Å². The average molecular weight is 256 g/mol. The molecule has 0 aliphatic carbocycles. The number of furan rings is 1.